The zero-order valence-electron chi connectivity index (χ0n) is 5.62. The SMILES string of the molecule is C=C(CCCN)[B-](F)(F)F. The van der Waals surface area contributed by atoms with Crippen molar-refractivity contribution < 1.29 is 12.9 Å². The van der Waals surface area contributed by atoms with Gasteiger partial charge in [0.2, 0.25) is 0 Å². The standard InChI is InChI=1S/C5H10BF3N/c1-5(3-2-4-10)6(7,8)9/h1-4,10H2/q-1. The van der Waals surface area contributed by atoms with E-state index in [-0.39, 0.29) is 13.0 Å². The third-order valence-electron chi connectivity index (χ3n) is 1.16. The van der Waals surface area contributed by atoms with Crippen LogP contribution in [0.5, 0.6) is 0 Å². The summed E-state index contributed by atoms with van der Waals surface area (Å²) in [6, 6.07) is 0. The minimum Gasteiger partial charge on any atom is -0.445 e. The molecule has 0 bridgehead atoms. The highest BCUT2D eigenvalue weighted by molar-refractivity contribution is 6.66. The predicted octanol–water partition coefficient (Wildman–Crippen LogP) is 1.67. The zero-order valence-corrected chi connectivity index (χ0v) is 5.62. The molecular weight excluding hydrogens is 142 g/mol. The van der Waals surface area contributed by atoms with Crippen LogP contribution in [0.25, 0.3) is 0 Å². The van der Waals surface area contributed by atoms with Gasteiger partial charge in [0.25, 0.3) is 0 Å². The van der Waals surface area contributed by atoms with Crippen molar-refractivity contribution in [3.05, 3.63) is 12.1 Å². The third kappa shape index (κ3) is 3.56. The van der Waals surface area contributed by atoms with E-state index in [4.69, 9.17) is 5.73 Å². The molecule has 0 unspecified atom stereocenters. The van der Waals surface area contributed by atoms with Gasteiger partial charge in [-0.05, 0) is 13.0 Å². The van der Waals surface area contributed by atoms with E-state index in [9.17, 15) is 12.9 Å². The lowest BCUT2D eigenvalue weighted by Crippen LogP contribution is -2.19. The summed E-state index contributed by atoms with van der Waals surface area (Å²) in [5, 5.41) is 0. The maximum absolute atomic E-state index is 11.7. The molecule has 0 aromatic carbocycles. The van der Waals surface area contributed by atoms with Gasteiger partial charge in [-0.2, -0.15) is 0 Å². The van der Waals surface area contributed by atoms with Gasteiger partial charge in [-0.3, -0.25) is 0 Å². The maximum Gasteiger partial charge on any atom is 0.505 e. The van der Waals surface area contributed by atoms with E-state index in [1.807, 2.05) is 0 Å². The Hall–Kier alpha value is -0.445. The fraction of sp³-hybridized carbons (Fsp3) is 0.600. The summed E-state index contributed by atoms with van der Waals surface area (Å²) in [6.07, 6.45) is 0.333. The number of allylic oxidation sites excluding steroid dienone is 1. The first-order valence-electron chi connectivity index (χ1n) is 3.06. The predicted molar refractivity (Wildman–Crippen MR) is 36.5 cm³/mol. The molecule has 0 aliphatic rings. The molecule has 0 rings (SSSR count). The molecule has 2 N–H and O–H groups in total. The molecule has 0 radical (unpaired) electrons. The van der Waals surface area contributed by atoms with Crippen LogP contribution in [0.1, 0.15) is 12.8 Å². The average Bonchev–Trinajstić information content (AvgIpc) is 1.80. The first-order chi connectivity index (χ1) is 4.48. The van der Waals surface area contributed by atoms with Crippen molar-refractivity contribution in [3.63, 3.8) is 0 Å². The molecule has 60 valence electrons. The molecule has 0 aliphatic carbocycles. The Balaban J connectivity index is 3.64. The van der Waals surface area contributed by atoms with E-state index in [1.54, 1.807) is 0 Å². The van der Waals surface area contributed by atoms with Gasteiger partial charge in [0, 0.05) is 0 Å². The molecule has 5 heteroatoms. The summed E-state index contributed by atoms with van der Waals surface area (Å²) in [5.41, 5.74) is 4.38. The van der Waals surface area contributed by atoms with Crippen molar-refractivity contribution in [3.8, 4) is 0 Å². The highest BCUT2D eigenvalue weighted by Gasteiger charge is 2.25. The van der Waals surface area contributed by atoms with Crippen molar-refractivity contribution >= 4 is 6.98 Å². The van der Waals surface area contributed by atoms with Crippen LogP contribution in [-0.4, -0.2) is 13.5 Å². The minimum atomic E-state index is -4.83. The summed E-state index contributed by atoms with van der Waals surface area (Å²) in [5.74, 6) is 0. The lowest BCUT2D eigenvalue weighted by Gasteiger charge is -2.16. The van der Waals surface area contributed by atoms with Crippen molar-refractivity contribution in [2.45, 2.75) is 12.8 Å². The molecule has 0 atom stereocenters. The fourth-order valence-corrected chi connectivity index (χ4v) is 0.493. The number of halogens is 3. The van der Waals surface area contributed by atoms with Gasteiger partial charge in [-0.25, -0.2) is 0 Å². The quantitative estimate of drug-likeness (QED) is 0.609. The molecule has 0 heterocycles. The molecular formula is C5H10BF3N-. The van der Waals surface area contributed by atoms with Crippen molar-refractivity contribution in [1.29, 1.82) is 0 Å². The van der Waals surface area contributed by atoms with Crippen LogP contribution in [-0.2, 0) is 0 Å². The highest BCUT2D eigenvalue weighted by atomic mass is 19.4. The van der Waals surface area contributed by atoms with E-state index in [0.717, 1.165) is 0 Å². The van der Waals surface area contributed by atoms with E-state index < -0.39 is 12.4 Å². The first-order valence-corrected chi connectivity index (χ1v) is 3.06. The average molecular weight is 152 g/mol. The fourth-order valence-electron chi connectivity index (χ4n) is 0.493. The van der Waals surface area contributed by atoms with Crippen LogP contribution in [0.15, 0.2) is 12.1 Å². The van der Waals surface area contributed by atoms with Crippen LogP contribution < -0.4 is 5.73 Å². The van der Waals surface area contributed by atoms with Crippen LogP contribution >= 0.6 is 0 Å². The molecule has 1 nitrogen and oxygen atoms in total. The van der Waals surface area contributed by atoms with Gasteiger partial charge in [0.15, 0.2) is 0 Å². The Morgan fingerprint density at radius 2 is 1.90 bits per heavy atom. The number of nitrogens with two attached hydrogens (primary N) is 1. The van der Waals surface area contributed by atoms with Gasteiger partial charge in [-0.15, -0.1) is 12.1 Å². The number of rotatable bonds is 4. The second-order valence-electron chi connectivity index (χ2n) is 2.13. The number of hydrogen-bond acceptors (Lipinski definition) is 1. The molecule has 0 aromatic rings. The first kappa shape index (κ1) is 9.55. The molecule has 0 saturated carbocycles. The minimum absolute atomic E-state index is 0.0278. The Labute approximate surface area is 58.2 Å². The Kier molecular flexibility index (Phi) is 3.49. The molecule has 0 aromatic heterocycles. The summed E-state index contributed by atoms with van der Waals surface area (Å²) in [6.45, 7) is -1.64. The number of hydrogen-bond donors (Lipinski definition) is 1. The highest BCUT2D eigenvalue weighted by Crippen LogP contribution is 2.21. The molecule has 0 aliphatic heterocycles. The third-order valence-corrected chi connectivity index (χ3v) is 1.16. The van der Waals surface area contributed by atoms with Gasteiger partial charge >= 0.3 is 6.98 Å². The summed E-state index contributed by atoms with van der Waals surface area (Å²) in [7, 11) is 0. The Morgan fingerprint density at radius 1 is 1.40 bits per heavy atom. The van der Waals surface area contributed by atoms with Crippen molar-refractivity contribution in [1.82, 2.24) is 0 Å². The lowest BCUT2D eigenvalue weighted by atomic mass is 9.78. The molecule has 0 fully saturated rings. The van der Waals surface area contributed by atoms with Crippen LogP contribution in [0.2, 0.25) is 0 Å². The van der Waals surface area contributed by atoms with Crippen LogP contribution in [0.4, 0.5) is 12.9 Å². The lowest BCUT2D eigenvalue weighted by molar-refractivity contribution is 0.485. The second-order valence-corrected chi connectivity index (χ2v) is 2.13. The summed E-state index contributed by atoms with van der Waals surface area (Å²) < 4.78 is 35.1. The molecule has 0 saturated heterocycles. The van der Waals surface area contributed by atoms with Crippen molar-refractivity contribution in [2.75, 3.05) is 6.54 Å². The summed E-state index contributed by atoms with van der Waals surface area (Å²) in [4.78, 5) is 0. The van der Waals surface area contributed by atoms with Gasteiger partial charge in [-0.1, -0.05) is 6.42 Å². The van der Waals surface area contributed by atoms with Gasteiger partial charge in [0.05, 0.1) is 0 Å². The van der Waals surface area contributed by atoms with E-state index in [0.29, 0.717) is 6.42 Å². The maximum atomic E-state index is 11.7. The van der Waals surface area contributed by atoms with Gasteiger partial charge in [0.1, 0.15) is 0 Å². The molecule has 10 heavy (non-hydrogen) atoms. The van der Waals surface area contributed by atoms with E-state index in [1.165, 1.54) is 0 Å². The monoisotopic (exact) mass is 152 g/mol. The topological polar surface area (TPSA) is 26.0 Å². The van der Waals surface area contributed by atoms with Crippen molar-refractivity contribution in [2.24, 2.45) is 5.73 Å². The van der Waals surface area contributed by atoms with E-state index >= 15 is 0 Å². The Morgan fingerprint density at radius 3 is 2.20 bits per heavy atom. The normalized spacial score (nSPS) is 11.6. The second kappa shape index (κ2) is 3.66. The van der Waals surface area contributed by atoms with Gasteiger partial charge < -0.3 is 18.7 Å². The smallest absolute Gasteiger partial charge is 0.445 e. The van der Waals surface area contributed by atoms with Crippen LogP contribution in [0, 0.1) is 0 Å². The zero-order chi connectivity index (χ0) is 8.20. The largest absolute Gasteiger partial charge is 0.505 e. The molecule has 0 amide bonds. The Bertz CT molecular complexity index is 121. The summed E-state index contributed by atoms with van der Waals surface area (Å²) >= 11 is 0. The molecule has 0 spiro atoms. The van der Waals surface area contributed by atoms with E-state index in [2.05, 4.69) is 6.58 Å². The van der Waals surface area contributed by atoms with Crippen LogP contribution in [0.3, 0.4) is 0 Å².